The summed E-state index contributed by atoms with van der Waals surface area (Å²) in [5.41, 5.74) is 7.38. The Morgan fingerprint density at radius 3 is 2.74 bits per heavy atom. The first-order chi connectivity index (χ1) is 11.1. The van der Waals surface area contributed by atoms with Crippen molar-refractivity contribution >= 4 is 22.1 Å². The van der Waals surface area contributed by atoms with E-state index in [4.69, 9.17) is 10.2 Å². The van der Waals surface area contributed by atoms with Crippen LogP contribution in [-0.4, -0.2) is 24.1 Å². The number of nitrogens with two attached hydrogens (primary N) is 1. The van der Waals surface area contributed by atoms with E-state index in [1.54, 1.807) is 18.2 Å². The second kappa shape index (κ2) is 6.89. The number of pyridine rings is 1. The lowest BCUT2D eigenvalue weighted by atomic mass is 10.1. The second-order valence-electron chi connectivity index (χ2n) is 5.84. The van der Waals surface area contributed by atoms with Crippen molar-refractivity contribution in [1.82, 2.24) is 10.3 Å². The molecule has 0 radical (unpaired) electrons. The molecular weight excluding hydrogens is 290 g/mol. The predicted molar refractivity (Wildman–Crippen MR) is 92.6 cm³/mol. The van der Waals surface area contributed by atoms with Gasteiger partial charge in [0.2, 0.25) is 11.1 Å². The molecule has 0 amide bonds. The average Bonchev–Trinajstić information content (AvgIpc) is 2.56. The van der Waals surface area contributed by atoms with E-state index in [-0.39, 0.29) is 5.43 Å². The van der Waals surface area contributed by atoms with Crippen LogP contribution in [0.3, 0.4) is 0 Å². The largest absolute Gasteiger partial charge is 0.437 e. The van der Waals surface area contributed by atoms with Crippen molar-refractivity contribution in [3.05, 3.63) is 52.3 Å². The number of nitrogens with zero attached hydrogens (tertiary/aromatic N) is 1. The number of aromatic nitrogens is 1. The highest BCUT2D eigenvalue weighted by Crippen LogP contribution is 2.16. The lowest BCUT2D eigenvalue weighted by molar-refractivity contribution is 0.459. The van der Waals surface area contributed by atoms with E-state index in [0.717, 1.165) is 18.8 Å². The number of hydrogen-bond donors (Lipinski definition) is 2. The molecule has 0 spiro atoms. The summed E-state index contributed by atoms with van der Waals surface area (Å²) in [6.45, 7) is 4.04. The van der Waals surface area contributed by atoms with Gasteiger partial charge in [0.15, 0.2) is 0 Å². The number of hydrogen-bond acceptors (Lipinski definition) is 5. The van der Waals surface area contributed by atoms with Crippen molar-refractivity contribution in [3.63, 3.8) is 0 Å². The van der Waals surface area contributed by atoms with E-state index >= 15 is 0 Å². The van der Waals surface area contributed by atoms with Crippen LogP contribution in [0.1, 0.15) is 18.5 Å². The van der Waals surface area contributed by atoms with Crippen molar-refractivity contribution in [2.24, 2.45) is 5.73 Å². The molecule has 2 aromatic heterocycles. The van der Waals surface area contributed by atoms with E-state index in [9.17, 15) is 4.79 Å². The molecule has 3 N–H and O–H groups in total. The first-order valence-electron chi connectivity index (χ1n) is 7.90. The highest BCUT2D eigenvalue weighted by atomic mass is 16.3. The molecule has 1 aliphatic rings. The molecule has 0 saturated carbocycles. The van der Waals surface area contributed by atoms with Crippen molar-refractivity contribution in [1.29, 1.82) is 0 Å². The average molecular weight is 311 g/mol. The molecule has 1 unspecified atom stereocenters. The molecule has 1 aliphatic heterocycles. The Balaban J connectivity index is 0.000000188. The lowest BCUT2D eigenvalue weighted by Gasteiger charge is -2.17. The Morgan fingerprint density at radius 2 is 2.04 bits per heavy atom. The van der Waals surface area contributed by atoms with Gasteiger partial charge in [-0.3, -0.25) is 4.79 Å². The Morgan fingerprint density at radius 1 is 1.22 bits per heavy atom. The summed E-state index contributed by atoms with van der Waals surface area (Å²) in [4.78, 5) is 16.3. The molecule has 1 atom stereocenters. The number of para-hydroxylation sites is 1. The molecule has 1 fully saturated rings. The zero-order chi connectivity index (χ0) is 16.2. The van der Waals surface area contributed by atoms with E-state index in [1.807, 2.05) is 25.1 Å². The van der Waals surface area contributed by atoms with Crippen LogP contribution in [-0.2, 0) is 0 Å². The monoisotopic (exact) mass is 311 g/mol. The van der Waals surface area contributed by atoms with Gasteiger partial charge >= 0.3 is 0 Å². The lowest BCUT2D eigenvalue weighted by Crippen LogP contribution is -2.39. The Bertz CT molecular complexity index is 867. The van der Waals surface area contributed by atoms with E-state index < -0.39 is 0 Å². The molecule has 4 rings (SSSR count). The summed E-state index contributed by atoms with van der Waals surface area (Å²) in [5, 5.41) is 4.34. The van der Waals surface area contributed by atoms with Gasteiger partial charge in [0.1, 0.15) is 5.58 Å². The highest BCUT2D eigenvalue weighted by molar-refractivity contribution is 5.87. The van der Waals surface area contributed by atoms with Crippen molar-refractivity contribution < 1.29 is 4.42 Å². The Kier molecular flexibility index (Phi) is 4.69. The molecule has 5 heteroatoms. The maximum absolute atomic E-state index is 12.1. The minimum atomic E-state index is -0.0237. The zero-order valence-corrected chi connectivity index (χ0v) is 13.2. The van der Waals surface area contributed by atoms with E-state index in [2.05, 4.69) is 10.3 Å². The van der Waals surface area contributed by atoms with Gasteiger partial charge in [-0.25, -0.2) is 4.98 Å². The van der Waals surface area contributed by atoms with Gasteiger partial charge in [0.05, 0.1) is 10.8 Å². The summed E-state index contributed by atoms with van der Waals surface area (Å²) in [6, 6.07) is 11.2. The van der Waals surface area contributed by atoms with Crippen LogP contribution in [0.25, 0.3) is 22.1 Å². The van der Waals surface area contributed by atoms with Crippen LogP contribution in [0.5, 0.6) is 0 Å². The van der Waals surface area contributed by atoms with Crippen LogP contribution in [0.2, 0.25) is 0 Å². The Hall–Kier alpha value is -2.24. The fraction of sp³-hybridized carbons (Fsp3) is 0.333. The number of nitrogens with one attached hydrogen (secondary N) is 1. The van der Waals surface area contributed by atoms with Gasteiger partial charge in [-0.1, -0.05) is 12.1 Å². The maximum atomic E-state index is 12.1. The fourth-order valence-corrected chi connectivity index (χ4v) is 2.65. The predicted octanol–water partition coefficient (Wildman–Crippen LogP) is 2.35. The third-order valence-electron chi connectivity index (χ3n) is 3.92. The fourth-order valence-electron chi connectivity index (χ4n) is 2.65. The summed E-state index contributed by atoms with van der Waals surface area (Å²) in [7, 11) is 0. The number of benzene rings is 1. The third kappa shape index (κ3) is 3.57. The van der Waals surface area contributed by atoms with Gasteiger partial charge in [-0.2, -0.15) is 0 Å². The molecule has 0 bridgehead atoms. The molecule has 3 aromatic rings. The van der Waals surface area contributed by atoms with Gasteiger partial charge in [-0.05, 0) is 50.6 Å². The molecule has 1 aromatic carbocycles. The topological polar surface area (TPSA) is 81.2 Å². The molecule has 3 heterocycles. The minimum absolute atomic E-state index is 0.0237. The van der Waals surface area contributed by atoms with Gasteiger partial charge in [-0.15, -0.1) is 0 Å². The number of fused-ring (bicyclic) bond motifs is 2. The zero-order valence-electron chi connectivity index (χ0n) is 13.2. The standard InChI is InChI=1S/C13H9NO2.C5H12N2/c1-8-6-7-10-12(15)9-4-2-3-5-11(9)16-13(10)14-8;6-5-2-1-3-7-4-5/h2-7H,1H3;5,7H,1-4,6H2. The summed E-state index contributed by atoms with van der Waals surface area (Å²) < 4.78 is 5.60. The number of aryl methyl sites for hydroxylation is 1. The summed E-state index contributed by atoms with van der Waals surface area (Å²) in [6.07, 6.45) is 2.45. The van der Waals surface area contributed by atoms with Crippen molar-refractivity contribution in [2.45, 2.75) is 25.8 Å². The maximum Gasteiger partial charge on any atom is 0.230 e. The smallest absolute Gasteiger partial charge is 0.230 e. The molecule has 1 saturated heterocycles. The van der Waals surface area contributed by atoms with Crippen molar-refractivity contribution in [2.75, 3.05) is 13.1 Å². The Labute approximate surface area is 134 Å². The number of rotatable bonds is 0. The quantitative estimate of drug-likeness (QED) is 0.623. The van der Waals surface area contributed by atoms with Gasteiger partial charge in [0.25, 0.3) is 0 Å². The molecule has 5 nitrogen and oxygen atoms in total. The van der Waals surface area contributed by atoms with Crippen LogP contribution in [0.4, 0.5) is 0 Å². The van der Waals surface area contributed by atoms with Crippen LogP contribution < -0.4 is 16.5 Å². The number of piperidine rings is 1. The minimum Gasteiger partial charge on any atom is -0.437 e. The first kappa shape index (κ1) is 15.6. The van der Waals surface area contributed by atoms with Gasteiger partial charge in [0, 0.05) is 18.3 Å². The van der Waals surface area contributed by atoms with E-state index in [0.29, 0.717) is 28.1 Å². The van der Waals surface area contributed by atoms with Crippen LogP contribution in [0, 0.1) is 6.92 Å². The normalized spacial score (nSPS) is 17.7. The van der Waals surface area contributed by atoms with Crippen LogP contribution >= 0.6 is 0 Å². The SMILES string of the molecule is Cc1ccc2c(=O)c3ccccc3oc2n1.NC1CCCNC1. The van der Waals surface area contributed by atoms with Crippen LogP contribution in [0.15, 0.2) is 45.6 Å². The molecule has 0 aliphatic carbocycles. The molecule has 120 valence electrons. The second-order valence-corrected chi connectivity index (χ2v) is 5.84. The summed E-state index contributed by atoms with van der Waals surface area (Å²) >= 11 is 0. The van der Waals surface area contributed by atoms with Crippen molar-refractivity contribution in [3.8, 4) is 0 Å². The summed E-state index contributed by atoms with van der Waals surface area (Å²) in [5.74, 6) is 0. The highest BCUT2D eigenvalue weighted by Gasteiger charge is 2.07. The third-order valence-corrected chi connectivity index (χ3v) is 3.92. The van der Waals surface area contributed by atoms with E-state index in [1.165, 1.54) is 12.8 Å². The molecule has 23 heavy (non-hydrogen) atoms. The molecular formula is C18H21N3O2. The first-order valence-corrected chi connectivity index (χ1v) is 7.90. The van der Waals surface area contributed by atoms with Gasteiger partial charge < -0.3 is 15.5 Å².